The van der Waals surface area contributed by atoms with Crippen molar-refractivity contribution in [1.82, 2.24) is 4.98 Å². The number of amides is 1. The van der Waals surface area contributed by atoms with E-state index in [-0.39, 0.29) is 5.75 Å². The minimum absolute atomic E-state index is 0.193. The predicted molar refractivity (Wildman–Crippen MR) is 97.1 cm³/mol. The van der Waals surface area contributed by atoms with Crippen molar-refractivity contribution in [3.8, 4) is 17.6 Å². The Balaban J connectivity index is 1.60. The number of halogens is 2. The highest BCUT2D eigenvalue weighted by Crippen LogP contribution is 2.17. The lowest BCUT2D eigenvalue weighted by molar-refractivity contribution is -0.118. The molecular weight excluding hydrogens is 350 g/mol. The summed E-state index contributed by atoms with van der Waals surface area (Å²) >= 11 is 0. The normalized spacial score (nSPS) is 9.85. The van der Waals surface area contributed by atoms with Crippen LogP contribution in [0.15, 0.2) is 66.9 Å². The molecule has 134 valence electrons. The SMILES string of the molecule is O=C(COc1ccc(F)cc1F)Nc1cccc(C#Cc2ccccn2)c1. The Morgan fingerprint density at radius 2 is 1.93 bits per heavy atom. The van der Waals surface area contributed by atoms with Crippen LogP contribution in [0.1, 0.15) is 11.3 Å². The maximum Gasteiger partial charge on any atom is 0.262 e. The zero-order chi connectivity index (χ0) is 19.1. The molecule has 3 rings (SSSR count). The minimum Gasteiger partial charge on any atom is -0.481 e. The highest BCUT2D eigenvalue weighted by atomic mass is 19.1. The fourth-order valence-corrected chi connectivity index (χ4v) is 2.18. The first-order chi connectivity index (χ1) is 13.1. The minimum atomic E-state index is -0.866. The van der Waals surface area contributed by atoms with Gasteiger partial charge < -0.3 is 10.1 Å². The van der Waals surface area contributed by atoms with Crippen molar-refractivity contribution in [2.75, 3.05) is 11.9 Å². The molecule has 0 aliphatic heterocycles. The second-order valence-corrected chi connectivity index (χ2v) is 5.46. The van der Waals surface area contributed by atoms with Gasteiger partial charge in [0.25, 0.3) is 5.91 Å². The first-order valence-electron chi connectivity index (χ1n) is 8.01. The molecule has 0 aliphatic carbocycles. The van der Waals surface area contributed by atoms with Crippen molar-refractivity contribution in [3.05, 3.63) is 89.8 Å². The van der Waals surface area contributed by atoms with Crippen molar-refractivity contribution in [2.24, 2.45) is 0 Å². The summed E-state index contributed by atoms with van der Waals surface area (Å²) in [5, 5.41) is 2.64. The third kappa shape index (κ3) is 5.38. The maximum absolute atomic E-state index is 13.5. The Kier molecular flexibility index (Phi) is 5.75. The molecule has 0 spiro atoms. The zero-order valence-electron chi connectivity index (χ0n) is 14.1. The molecule has 1 aromatic heterocycles. The van der Waals surface area contributed by atoms with E-state index in [1.807, 2.05) is 6.07 Å². The molecule has 0 saturated heterocycles. The number of nitrogens with one attached hydrogen (secondary N) is 1. The van der Waals surface area contributed by atoms with E-state index in [1.54, 1.807) is 42.6 Å². The lowest BCUT2D eigenvalue weighted by Crippen LogP contribution is -2.20. The van der Waals surface area contributed by atoms with E-state index in [1.165, 1.54) is 0 Å². The summed E-state index contributed by atoms with van der Waals surface area (Å²) < 4.78 is 31.4. The van der Waals surface area contributed by atoms with Crippen LogP contribution in [0, 0.1) is 23.5 Å². The molecule has 0 atom stereocenters. The van der Waals surface area contributed by atoms with Gasteiger partial charge in [-0.2, -0.15) is 0 Å². The number of hydrogen-bond donors (Lipinski definition) is 1. The predicted octanol–water partition coefficient (Wildman–Crippen LogP) is 3.78. The highest BCUT2D eigenvalue weighted by molar-refractivity contribution is 5.92. The number of benzene rings is 2. The van der Waals surface area contributed by atoms with E-state index in [0.29, 0.717) is 23.0 Å². The largest absolute Gasteiger partial charge is 0.481 e. The number of carbonyl (C=O) groups excluding carboxylic acids is 1. The summed E-state index contributed by atoms with van der Waals surface area (Å²) in [6.07, 6.45) is 1.66. The standard InChI is InChI=1S/C21H14F2N2O2/c22-16-8-10-20(19(23)13-16)27-14-21(26)25-18-6-3-4-15(12-18)7-9-17-5-1-2-11-24-17/h1-6,8,10-13H,14H2,(H,25,26). The van der Waals surface area contributed by atoms with Crippen LogP contribution in [0.25, 0.3) is 0 Å². The van der Waals surface area contributed by atoms with Crippen molar-refractivity contribution < 1.29 is 18.3 Å². The van der Waals surface area contributed by atoms with Crippen LogP contribution in [0.5, 0.6) is 5.75 Å². The smallest absolute Gasteiger partial charge is 0.262 e. The molecule has 1 heterocycles. The number of anilines is 1. The quantitative estimate of drug-likeness (QED) is 0.717. The lowest BCUT2D eigenvalue weighted by Gasteiger charge is -2.08. The molecule has 1 N–H and O–H groups in total. The Labute approximate surface area is 154 Å². The van der Waals surface area contributed by atoms with Crippen molar-refractivity contribution in [3.63, 3.8) is 0 Å². The first kappa shape index (κ1) is 18.1. The van der Waals surface area contributed by atoms with E-state index in [4.69, 9.17) is 4.74 Å². The summed E-state index contributed by atoms with van der Waals surface area (Å²) in [4.78, 5) is 16.1. The van der Waals surface area contributed by atoms with Gasteiger partial charge >= 0.3 is 0 Å². The summed E-state index contributed by atoms with van der Waals surface area (Å²) in [6, 6.07) is 15.3. The van der Waals surface area contributed by atoms with Crippen LogP contribution in [0.3, 0.4) is 0 Å². The Hall–Kier alpha value is -3.72. The van der Waals surface area contributed by atoms with Crippen molar-refractivity contribution in [1.29, 1.82) is 0 Å². The molecule has 6 heteroatoms. The first-order valence-corrected chi connectivity index (χ1v) is 8.01. The molecule has 0 saturated carbocycles. The third-order valence-electron chi connectivity index (χ3n) is 3.40. The van der Waals surface area contributed by atoms with Gasteiger partial charge in [-0.3, -0.25) is 4.79 Å². The molecular formula is C21H14F2N2O2. The molecule has 0 aliphatic rings. The fourth-order valence-electron chi connectivity index (χ4n) is 2.18. The Morgan fingerprint density at radius 1 is 1.04 bits per heavy atom. The number of carbonyl (C=O) groups is 1. The summed E-state index contributed by atoms with van der Waals surface area (Å²) in [5.41, 5.74) is 1.86. The van der Waals surface area contributed by atoms with Gasteiger partial charge in [-0.1, -0.05) is 18.1 Å². The van der Waals surface area contributed by atoms with Crippen molar-refractivity contribution in [2.45, 2.75) is 0 Å². The average molecular weight is 364 g/mol. The number of pyridine rings is 1. The van der Waals surface area contributed by atoms with Gasteiger partial charge in [0, 0.05) is 23.5 Å². The summed E-state index contributed by atoms with van der Waals surface area (Å²) in [7, 11) is 0. The molecule has 0 bridgehead atoms. The molecule has 1 amide bonds. The molecule has 3 aromatic rings. The van der Waals surface area contributed by atoms with Gasteiger partial charge in [0.1, 0.15) is 11.5 Å². The van der Waals surface area contributed by atoms with Crippen LogP contribution in [-0.4, -0.2) is 17.5 Å². The van der Waals surface area contributed by atoms with Crippen LogP contribution in [0.4, 0.5) is 14.5 Å². The maximum atomic E-state index is 13.5. The van der Waals surface area contributed by atoms with E-state index < -0.39 is 24.1 Å². The molecule has 27 heavy (non-hydrogen) atoms. The van der Waals surface area contributed by atoms with Crippen LogP contribution in [0.2, 0.25) is 0 Å². The van der Waals surface area contributed by atoms with Gasteiger partial charge in [0.05, 0.1) is 0 Å². The van der Waals surface area contributed by atoms with Gasteiger partial charge in [0.2, 0.25) is 0 Å². The average Bonchev–Trinajstić information content (AvgIpc) is 2.67. The van der Waals surface area contributed by atoms with Crippen LogP contribution >= 0.6 is 0 Å². The van der Waals surface area contributed by atoms with Gasteiger partial charge in [-0.15, -0.1) is 0 Å². The van der Waals surface area contributed by atoms with Gasteiger partial charge in [0.15, 0.2) is 18.2 Å². The second kappa shape index (κ2) is 8.59. The van der Waals surface area contributed by atoms with E-state index in [0.717, 1.165) is 12.1 Å². The number of aromatic nitrogens is 1. The van der Waals surface area contributed by atoms with Crippen LogP contribution < -0.4 is 10.1 Å². The monoisotopic (exact) mass is 364 g/mol. The molecule has 4 nitrogen and oxygen atoms in total. The van der Waals surface area contributed by atoms with E-state index >= 15 is 0 Å². The van der Waals surface area contributed by atoms with E-state index in [9.17, 15) is 13.6 Å². The van der Waals surface area contributed by atoms with Crippen LogP contribution in [-0.2, 0) is 4.79 Å². The Bertz CT molecular complexity index is 1010. The lowest BCUT2D eigenvalue weighted by atomic mass is 10.2. The van der Waals surface area contributed by atoms with Gasteiger partial charge in [-0.05, 0) is 48.4 Å². The second-order valence-electron chi connectivity index (χ2n) is 5.46. The van der Waals surface area contributed by atoms with Gasteiger partial charge in [-0.25, -0.2) is 13.8 Å². The number of ether oxygens (including phenoxy) is 1. The number of rotatable bonds is 4. The number of nitrogens with zero attached hydrogens (tertiary/aromatic N) is 1. The highest BCUT2D eigenvalue weighted by Gasteiger charge is 2.08. The van der Waals surface area contributed by atoms with E-state index in [2.05, 4.69) is 22.1 Å². The number of hydrogen-bond acceptors (Lipinski definition) is 3. The molecule has 0 fully saturated rings. The summed E-state index contributed by atoms with van der Waals surface area (Å²) in [5.74, 6) is 3.64. The molecule has 2 aromatic carbocycles. The topological polar surface area (TPSA) is 51.2 Å². The zero-order valence-corrected chi connectivity index (χ0v) is 14.1. The molecule has 0 unspecified atom stereocenters. The van der Waals surface area contributed by atoms with Crippen molar-refractivity contribution >= 4 is 11.6 Å². The third-order valence-corrected chi connectivity index (χ3v) is 3.40. The molecule has 0 radical (unpaired) electrons. The Morgan fingerprint density at radius 3 is 2.70 bits per heavy atom. The summed E-state index contributed by atoms with van der Waals surface area (Å²) in [6.45, 7) is -0.410. The fraction of sp³-hybridized carbons (Fsp3) is 0.0476.